The Morgan fingerprint density at radius 1 is 1.71 bits per heavy atom. The van der Waals surface area contributed by atoms with Gasteiger partial charge in [0.25, 0.3) is 0 Å². The van der Waals surface area contributed by atoms with Crippen molar-refractivity contribution in [3.63, 3.8) is 0 Å². The van der Waals surface area contributed by atoms with Gasteiger partial charge in [-0.2, -0.15) is 0 Å². The van der Waals surface area contributed by atoms with E-state index < -0.39 is 8.38 Å². The number of Topliss-reactive ketones (excluding diaryl/α,β-unsaturated/α-hetero) is 1. The summed E-state index contributed by atoms with van der Waals surface area (Å²) < 4.78 is 0. The molecule has 4 heteroatoms. The van der Waals surface area contributed by atoms with Crippen LogP contribution >= 0.6 is 8.38 Å². The number of carbonyl (C=O) groups is 1. The van der Waals surface area contributed by atoms with Crippen LogP contribution in [0.3, 0.4) is 0 Å². The van der Waals surface area contributed by atoms with Gasteiger partial charge in [-0.25, -0.2) is 0 Å². The summed E-state index contributed by atoms with van der Waals surface area (Å²) in [4.78, 5) is 26.2. The third-order valence-corrected chi connectivity index (χ3v) is 1.09. The average molecular weight is 122 g/mol. The monoisotopic (exact) mass is 122 g/mol. The van der Waals surface area contributed by atoms with E-state index in [1.165, 1.54) is 6.92 Å². The van der Waals surface area contributed by atoms with E-state index in [4.69, 9.17) is 9.79 Å². The van der Waals surface area contributed by atoms with Crippen LogP contribution in [0, 0.1) is 0 Å². The molecule has 0 saturated carbocycles. The predicted octanol–water partition coefficient (Wildman–Crippen LogP) is -0.128. The molecule has 0 unspecified atom stereocenters. The molecule has 0 aromatic carbocycles. The lowest BCUT2D eigenvalue weighted by atomic mass is 10.5. The minimum Gasteiger partial charge on any atom is -0.350 e. The van der Waals surface area contributed by atoms with Gasteiger partial charge in [0.05, 0.1) is 6.16 Å². The first kappa shape index (κ1) is 7.02. The lowest BCUT2D eigenvalue weighted by Gasteiger charge is -1.93. The summed E-state index contributed by atoms with van der Waals surface area (Å²) in [6, 6.07) is 0. The van der Waals surface area contributed by atoms with E-state index >= 15 is 0 Å². The lowest BCUT2D eigenvalue weighted by Crippen LogP contribution is -1.94. The smallest absolute Gasteiger partial charge is 0.172 e. The van der Waals surface area contributed by atoms with Gasteiger partial charge in [-0.1, -0.05) is 0 Å². The van der Waals surface area contributed by atoms with Crippen LogP contribution in [0.2, 0.25) is 0 Å². The van der Waals surface area contributed by atoms with Crippen LogP contribution < -0.4 is 0 Å². The minimum atomic E-state index is -1.99. The minimum absolute atomic E-state index is 0.102. The highest BCUT2D eigenvalue weighted by molar-refractivity contribution is 7.46. The summed E-state index contributed by atoms with van der Waals surface area (Å²) in [5.41, 5.74) is 0. The van der Waals surface area contributed by atoms with E-state index in [9.17, 15) is 4.79 Å². The molecule has 0 rings (SSSR count). The van der Waals surface area contributed by atoms with Crippen molar-refractivity contribution < 1.29 is 14.6 Å². The first-order chi connectivity index (χ1) is 3.13. The molecule has 0 heterocycles. The van der Waals surface area contributed by atoms with Crippen LogP contribution in [-0.2, 0) is 4.79 Å². The Morgan fingerprint density at radius 2 is 2.14 bits per heavy atom. The van der Waals surface area contributed by atoms with Gasteiger partial charge in [-0.05, 0) is 6.92 Å². The summed E-state index contributed by atoms with van der Waals surface area (Å²) in [6.45, 7) is 1.32. The topological polar surface area (TPSA) is 57.5 Å². The quantitative estimate of drug-likeness (QED) is 0.501. The number of hydrogen-bond acceptors (Lipinski definition) is 3. The zero-order valence-corrected chi connectivity index (χ0v) is 4.85. The SMILES string of the molecule is CC(=O)CP(O)O. The Labute approximate surface area is 42.9 Å². The fraction of sp³-hybridized carbons (Fsp3) is 0.667. The third-order valence-electron chi connectivity index (χ3n) is 0.364. The van der Waals surface area contributed by atoms with Crippen LogP contribution in [0.25, 0.3) is 0 Å². The molecule has 0 saturated heterocycles. The Kier molecular flexibility index (Phi) is 3.09. The number of rotatable bonds is 2. The molecule has 0 aliphatic carbocycles. The fourth-order valence-corrected chi connectivity index (χ4v) is 0.597. The first-order valence-corrected chi connectivity index (χ1v) is 3.21. The molecule has 0 aromatic rings. The van der Waals surface area contributed by atoms with E-state index in [1.54, 1.807) is 0 Å². The van der Waals surface area contributed by atoms with Gasteiger partial charge < -0.3 is 9.79 Å². The van der Waals surface area contributed by atoms with Gasteiger partial charge in [0.1, 0.15) is 5.78 Å². The van der Waals surface area contributed by atoms with Crippen molar-refractivity contribution in [1.29, 1.82) is 0 Å². The van der Waals surface area contributed by atoms with Gasteiger partial charge in [0, 0.05) is 0 Å². The normalized spacial score (nSPS) is 9.71. The molecule has 42 valence electrons. The summed E-state index contributed by atoms with van der Waals surface area (Å²) >= 11 is 0. The molecule has 0 aliphatic rings. The summed E-state index contributed by atoms with van der Waals surface area (Å²) in [6.07, 6.45) is -0.102. The van der Waals surface area contributed by atoms with Crippen LogP contribution in [0.4, 0.5) is 0 Å². The Morgan fingerprint density at radius 3 is 2.14 bits per heavy atom. The van der Waals surface area contributed by atoms with Crippen molar-refractivity contribution in [3.05, 3.63) is 0 Å². The first-order valence-electron chi connectivity index (χ1n) is 1.77. The van der Waals surface area contributed by atoms with Crippen molar-refractivity contribution >= 4 is 14.2 Å². The van der Waals surface area contributed by atoms with Crippen molar-refractivity contribution in [2.24, 2.45) is 0 Å². The van der Waals surface area contributed by atoms with E-state index in [-0.39, 0.29) is 11.9 Å². The molecular formula is C3H7O3P. The predicted molar refractivity (Wildman–Crippen MR) is 26.9 cm³/mol. The number of hydrogen-bond donors (Lipinski definition) is 2. The van der Waals surface area contributed by atoms with Crippen LogP contribution in [0.1, 0.15) is 6.92 Å². The second kappa shape index (κ2) is 3.08. The molecule has 7 heavy (non-hydrogen) atoms. The highest BCUT2D eigenvalue weighted by Gasteiger charge is 1.99. The van der Waals surface area contributed by atoms with Gasteiger partial charge in [0.15, 0.2) is 8.38 Å². The third kappa shape index (κ3) is 6.02. The highest BCUT2D eigenvalue weighted by atomic mass is 31.2. The molecule has 0 spiro atoms. The van der Waals surface area contributed by atoms with Gasteiger partial charge in [-0.3, -0.25) is 4.79 Å². The molecule has 0 fully saturated rings. The molecule has 0 bridgehead atoms. The molecule has 0 radical (unpaired) electrons. The summed E-state index contributed by atoms with van der Waals surface area (Å²) in [7, 11) is -1.99. The zero-order chi connectivity index (χ0) is 5.86. The standard InChI is InChI=1S/C3H7O3P/c1-3(4)2-7(5)6/h5-6H,2H2,1H3. The molecule has 0 aliphatic heterocycles. The van der Waals surface area contributed by atoms with Crippen LogP contribution in [0.5, 0.6) is 0 Å². The molecule has 0 aromatic heterocycles. The Bertz CT molecular complexity index is 70.6. The largest absolute Gasteiger partial charge is 0.350 e. The Balaban J connectivity index is 3.13. The van der Waals surface area contributed by atoms with E-state index in [1.807, 2.05) is 0 Å². The van der Waals surface area contributed by atoms with Crippen molar-refractivity contribution in [3.8, 4) is 0 Å². The molecule has 3 nitrogen and oxygen atoms in total. The molecule has 2 N–H and O–H groups in total. The molecular weight excluding hydrogens is 115 g/mol. The maximum absolute atomic E-state index is 9.95. The van der Waals surface area contributed by atoms with Gasteiger partial charge >= 0.3 is 0 Å². The van der Waals surface area contributed by atoms with E-state index in [0.717, 1.165) is 0 Å². The molecule has 0 amide bonds. The van der Waals surface area contributed by atoms with Crippen molar-refractivity contribution in [1.82, 2.24) is 0 Å². The lowest BCUT2D eigenvalue weighted by molar-refractivity contribution is -0.114. The fourth-order valence-electron chi connectivity index (χ4n) is 0.199. The zero-order valence-electron chi connectivity index (χ0n) is 3.96. The summed E-state index contributed by atoms with van der Waals surface area (Å²) in [5, 5.41) is 0. The average Bonchev–Trinajstić information content (AvgIpc) is 1.27. The van der Waals surface area contributed by atoms with Gasteiger partial charge in [-0.15, -0.1) is 0 Å². The van der Waals surface area contributed by atoms with Crippen molar-refractivity contribution in [2.75, 3.05) is 6.16 Å². The van der Waals surface area contributed by atoms with Crippen molar-refractivity contribution in [2.45, 2.75) is 6.92 Å². The second-order valence-corrected chi connectivity index (χ2v) is 2.29. The van der Waals surface area contributed by atoms with E-state index in [2.05, 4.69) is 0 Å². The summed E-state index contributed by atoms with van der Waals surface area (Å²) in [5.74, 6) is -0.184. The van der Waals surface area contributed by atoms with Crippen LogP contribution in [-0.4, -0.2) is 21.7 Å². The molecule has 0 atom stereocenters. The van der Waals surface area contributed by atoms with Gasteiger partial charge in [0.2, 0.25) is 0 Å². The maximum Gasteiger partial charge on any atom is 0.172 e. The number of ketones is 1. The second-order valence-electron chi connectivity index (χ2n) is 1.23. The highest BCUT2D eigenvalue weighted by Crippen LogP contribution is 2.21. The van der Waals surface area contributed by atoms with Crippen LogP contribution in [0.15, 0.2) is 0 Å². The van der Waals surface area contributed by atoms with E-state index in [0.29, 0.717) is 0 Å². The number of carbonyl (C=O) groups excluding carboxylic acids is 1. The Hall–Kier alpha value is 0.0200. The maximum atomic E-state index is 9.95.